The largest absolute Gasteiger partial charge is 0.460 e. The minimum Gasteiger partial charge on any atom is -0.460 e. The predicted molar refractivity (Wildman–Crippen MR) is 105 cm³/mol. The minimum absolute atomic E-state index is 0.0542. The molecule has 5 rings (SSSR count). The summed E-state index contributed by atoms with van der Waals surface area (Å²) in [6, 6.07) is 13.8. The molecular formula is C21H24N2O2S. The van der Waals surface area contributed by atoms with Gasteiger partial charge in [0.15, 0.2) is 0 Å². The average Bonchev–Trinajstić information content (AvgIpc) is 3.21. The van der Waals surface area contributed by atoms with Gasteiger partial charge in [0.25, 0.3) is 0 Å². The molecule has 3 fully saturated rings. The van der Waals surface area contributed by atoms with Crippen LogP contribution in [-0.4, -0.2) is 42.8 Å². The van der Waals surface area contributed by atoms with Crippen LogP contribution >= 0.6 is 11.3 Å². The summed E-state index contributed by atoms with van der Waals surface area (Å²) >= 11 is 1.61. The number of benzene rings is 1. The predicted octanol–water partition coefficient (Wildman–Crippen LogP) is 4.26. The molecule has 4 heterocycles. The molecule has 136 valence electrons. The normalized spacial score (nSPS) is 26.1. The summed E-state index contributed by atoms with van der Waals surface area (Å²) in [6.45, 7) is 3.19. The van der Waals surface area contributed by atoms with Crippen LogP contribution in [0.2, 0.25) is 0 Å². The molecule has 2 unspecified atom stereocenters. The third-order valence-electron chi connectivity index (χ3n) is 5.37. The third-order valence-corrected chi connectivity index (χ3v) is 6.36. The highest BCUT2D eigenvalue weighted by atomic mass is 32.1. The maximum atomic E-state index is 12.9. The van der Waals surface area contributed by atoms with Gasteiger partial charge in [-0.25, -0.2) is 0 Å². The van der Waals surface area contributed by atoms with Crippen molar-refractivity contribution in [2.24, 2.45) is 10.9 Å². The lowest BCUT2D eigenvalue weighted by atomic mass is 9.86. The van der Waals surface area contributed by atoms with Crippen LogP contribution in [0.4, 0.5) is 5.69 Å². The van der Waals surface area contributed by atoms with Crippen LogP contribution in [0.15, 0.2) is 52.8 Å². The van der Waals surface area contributed by atoms with Crippen LogP contribution in [0.1, 0.15) is 30.1 Å². The van der Waals surface area contributed by atoms with Crippen LogP contribution < -0.4 is 0 Å². The Hall–Kier alpha value is -1.98. The Kier molecular flexibility index (Phi) is 5.46. The van der Waals surface area contributed by atoms with Crippen molar-refractivity contribution in [3.63, 3.8) is 0 Å². The van der Waals surface area contributed by atoms with Crippen molar-refractivity contribution in [3.05, 3.63) is 52.7 Å². The molecule has 0 amide bonds. The van der Waals surface area contributed by atoms with Gasteiger partial charge in [-0.2, -0.15) is 0 Å². The smallest absolute Gasteiger partial charge is 0.314 e. The van der Waals surface area contributed by atoms with Gasteiger partial charge in [0.05, 0.1) is 11.6 Å². The molecule has 1 aromatic heterocycles. The highest BCUT2D eigenvalue weighted by Gasteiger charge is 2.37. The number of esters is 1. The Morgan fingerprint density at radius 3 is 2.69 bits per heavy atom. The zero-order chi connectivity index (χ0) is 17.8. The van der Waals surface area contributed by atoms with Crippen molar-refractivity contribution in [1.29, 1.82) is 0 Å². The maximum absolute atomic E-state index is 12.9. The Morgan fingerprint density at radius 1 is 1.23 bits per heavy atom. The Labute approximate surface area is 158 Å². The quantitative estimate of drug-likeness (QED) is 0.565. The number of hydrogen-bond acceptors (Lipinski definition) is 5. The molecule has 2 bridgehead atoms. The van der Waals surface area contributed by atoms with Crippen molar-refractivity contribution in [2.45, 2.75) is 31.3 Å². The lowest BCUT2D eigenvalue weighted by Crippen LogP contribution is -2.52. The summed E-state index contributed by atoms with van der Waals surface area (Å²) in [7, 11) is 0. The fourth-order valence-corrected chi connectivity index (χ4v) is 4.70. The summed E-state index contributed by atoms with van der Waals surface area (Å²) in [5, 5.41) is 2.01. The van der Waals surface area contributed by atoms with Crippen LogP contribution in [0.5, 0.6) is 0 Å². The van der Waals surface area contributed by atoms with Crippen LogP contribution in [0.3, 0.4) is 0 Å². The number of fused-ring (bicyclic) bond motifs is 3. The number of nitrogens with zero attached hydrogens (tertiary/aromatic N) is 2. The van der Waals surface area contributed by atoms with Crippen molar-refractivity contribution >= 4 is 29.2 Å². The first kappa shape index (κ1) is 17.4. The van der Waals surface area contributed by atoms with Gasteiger partial charge in [-0.05, 0) is 55.4 Å². The second-order valence-electron chi connectivity index (χ2n) is 7.06. The molecule has 0 spiro atoms. The minimum atomic E-state index is -0.266. The zero-order valence-electron chi connectivity index (χ0n) is 14.8. The summed E-state index contributed by atoms with van der Waals surface area (Å²) in [5.74, 6) is 0.162. The number of hydrogen-bond donors (Lipinski definition) is 0. The fourth-order valence-electron chi connectivity index (χ4n) is 3.87. The first-order chi connectivity index (χ1) is 12.8. The van der Waals surface area contributed by atoms with Crippen molar-refractivity contribution in [1.82, 2.24) is 4.90 Å². The SMILES string of the molecule is O=C(OC1CN2CCC1CC2)C(CC=Nc1ccccc1)c1cccs1. The molecule has 5 heteroatoms. The fraction of sp³-hybridized carbons (Fsp3) is 0.429. The van der Waals surface area contributed by atoms with Gasteiger partial charge in [0.1, 0.15) is 6.10 Å². The van der Waals surface area contributed by atoms with Gasteiger partial charge in [0.2, 0.25) is 0 Å². The number of aliphatic imine (C=N–C) groups is 1. The number of ether oxygens (including phenoxy) is 1. The summed E-state index contributed by atoms with van der Waals surface area (Å²) in [4.78, 5) is 20.9. The van der Waals surface area contributed by atoms with Crippen LogP contribution in [0.25, 0.3) is 0 Å². The first-order valence-electron chi connectivity index (χ1n) is 9.33. The molecule has 3 saturated heterocycles. The first-order valence-corrected chi connectivity index (χ1v) is 10.2. The monoisotopic (exact) mass is 368 g/mol. The molecule has 26 heavy (non-hydrogen) atoms. The van der Waals surface area contributed by atoms with Crippen molar-refractivity contribution in [2.75, 3.05) is 19.6 Å². The van der Waals surface area contributed by atoms with E-state index in [1.54, 1.807) is 11.3 Å². The zero-order valence-corrected chi connectivity index (χ0v) is 15.6. The van der Waals surface area contributed by atoms with E-state index in [4.69, 9.17) is 4.74 Å². The lowest BCUT2D eigenvalue weighted by Gasteiger charge is -2.44. The molecule has 0 saturated carbocycles. The molecule has 0 N–H and O–H groups in total. The second kappa shape index (κ2) is 8.14. The Morgan fingerprint density at radius 2 is 2.04 bits per heavy atom. The van der Waals surface area contributed by atoms with E-state index in [0.717, 1.165) is 43.0 Å². The lowest BCUT2D eigenvalue weighted by molar-refractivity contribution is -0.160. The van der Waals surface area contributed by atoms with Gasteiger partial charge in [-0.1, -0.05) is 24.3 Å². The molecule has 3 aliphatic rings. The second-order valence-corrected chi connectivity index (χ2v) is 8.04. The van der Waals surface area contributed by atoms with E-state index in [9.17, 15) is 4.79 Å². The van der Waals surface area contributed by atoms with E-state index in [2.05, 4.69) is 9.89 Å². The standard InChI is InChI=1S/C21H24N2O2S/c24-21(25-19-15-23-12-9-16(19)10-13-23)18(20-7-4-14-26-20)8-11-22-17-5-2-1-3-6-17/h1-7,11,14,16,18-19H,8-10,12-13,15H2. The van der Waals surface area contributed by atoms with Gasteiger partial charge < -0.3 is 4.74 Å². The summed E-state index contributed by atoms with van der Waals surface area (Å²) < 4.78 is 5.98. The highest BCUT2D eigenvalue weighted by molar-refractivity contribution is 7.10. The number of carbonyl (C=O) groups excluding carboxylic acids is 1. The molecule has 4 nitrogen and oxygen atoms in total. The van der Waals surface area contributed by atoms with Crippen LogP contribution in [-0.2, 0) is 9.53 Å². The number of carbonyl (C=O) groups is 1. The van der Waals surface area contributed by atoms with E-state index in [1.807, 2.05) is 54.1 Å². The summed E-state index contributed by atoms with van der Waals surface area (Å²) in [6.07, 6.45) is 4.76. The Bertz CT molecular complexity index is 737. The molecular weight excluding hydrogens is 344 g/mol. The number of para-hydroxylation sites is 1. The van der Waals surface area contributed by atoms with E-state index in [0.29, 0.717) is 12.3 Å². The van der Waals surface area contributed by atoms with E-state index < -0.39 is 0 Å². The van der Waals surface area contributed by atoms with Gasteiger partial charge in [-0.3, -0.25) is 14.7 Å². The molecule has 0 radical (unpaired) electrons. The molecule has 0 aliphatic carbocycles. The molecule has 3 aliphatic heterocycles. The van der Waals surface area contributed by atoms with Crippen LogP contribution in [0, 0.1) is 5.92 Å². The number of thiophene rings is 1. The average molecular weight is 369 g/mol. The van der Waals surface area contributed by atoms with E-state index >= 15 is 0 Å². The van der Waals surface area contributed by atoms with Gasteiger partial charge >= 0.3 is 5.97 Å². The highest BCUT2D eigenvalue weighted by Crippen LogP contribution is 2.32. The summed E-state index contributed by atoms with van der Waals surface area (Å²) in [5.41, 5.74) is 0.906. The molecule has 1 aromatic carbocycles. The third kappa shape index (κ3) is 4.05. The Balaban J connectivity index is 1.43. The van der Waals surface area contributed by atoms with E-state index in [-0.39, 0.29) is 18.0 Å². The maximum Gasteiger partial charge on any atom is 0.314 e. The van der Waals surface area contributed by atoms with Gasteiger partial charge in [-0.15, -0.1) is 11.3 Å². The topological polar surface area (TPSA) is 41.9 Å². The molecule has 2 atom stereocenters. The molecule has 2 aromatic rings. The van der Waals surface area contributed by atoms with Crippen molar-refractivity contribution < 1.29 is 9.53 Å². The van der Waals surface area contributed by atoms with Gasteiger partial charge in [0, 0.05) is 24.1 Å². The van der Waals surface area contributed by atoms with Crippen molar-refractivity contribution in [3.8, 4) is 0 Å². The number of piperidine rings is 3. The number of rotatable bonds is 6. The van der Waals surface area contributed by atoms with E-state index in [1.165, 1.54) is 0 Å².